The van der Waals surface area contributed by atoms with Crippen LogP contribution in [0.3, 0.4) is 0 Å². The first kappa shape index (κ1) is 16.2. The minimum atomic E-state index is -0.567. The van der Waals surface area contributed by atoms with Crippen LogP contribution in [0.5, 0.6) is 0 Å². The number of halogens is 1. The van der Waals surface area contributed by atoms with Crippen LogP contribution in [0.1, 0.15) is 30.6 Å². The van der Waals surface area contributed by atoms with Gasteiger partial charge in [-0.05, 0) is 18.4 Å². The zero-order valence-electron chi connectivity index (χ0n) is 11.7. The molecule has 0 heterocycles. The van der Waals surface area contributed by atoms with Gasteiger partial charge >= 0.3 is 0 Å². The first-order chi connectivity index (χ1) is 9.36. The molecule has 0 bridgehead atoms. The van der Waals surface area contributed by atoms with Gasteiger partial charge < -0.3 is 10.6 Å². The molecule has 0 spiro atoms. The summed E-state index contributed by atoms with van der Waals surface area (Å²) in [5.41, 5.74) is 0.175. The highest BCUT2D eigenvalue weighted by Gasteiger charge is 2.20. The molecule has 0 atom stereocenters. The summed E-state index contributed by atoms with van der Waals surface area (Å²) >= 11 is 5.96. The second-order valence-corrected chi connectivity index (χ2v) is 5.20. The van der Waals surface area contributed by atoms with Crippen molar-refractivity contribution in [3.8, 4) is 0 Å². The number of benzene rings is 1. The fraction of sp³-hybridized carbons (Fsp3) is 0.462. The number of carbonyl (C=O) groups is 1. The number of nitro groups is 1. The zero-order chi connectivity index (χ0) is 15.3. The molecule has 0 fully saturated rings. The van der Waals surface area contributed by atoms with Crippen LogP contribution >= 0.6 is 11.6 Å². The van der Waals surface area contributed by atoms with Gasteiger partial charge in [0.1, 0.15) is 5.69 Å². The lowest BCUT2D eigenvalue weighted by atomic mass is 10.1. The smallest absolute Gasteiger partial charge is 0.294 e. The molecule has 7 heteroatoms. The van der Waals surface area contributed by atoms with Crippen LogP contribution < -0.4 is 10.6 Å². The lowest BCUT2D eigenvalue weighted by molar-refractivity contribution is -0.383. The number of amides is 1. The topological polar surface area (TPSA) is 84.3 Å². The molecule has 110 valence electrons. The number of nitrogens with one attached hydrogen (secondary N) is 2. The maximum atomic E-state index is 11.9. The normalized spacial score (nSPS) is 10.4. The van der Waals surface area contributed by atoms with Gasteiger partial charge in [-0.3, -0.25) is 14.9 Å². The quantitative estimate of drug-likeness (QED) is 0.624. The highest BCUT2D eigenvalue weighted by molar-refractivity contribution is 6.34. The Labute approximate surface area is 122 Å². The Morgan fingerprint density at radius 3 is 2.60 bits per heavy atom. The average molecular weight is 300 g/mol. The van der Waals surface area contributed by atoms with Gasteiger partial charge in [0.2, 0.25) is 0 Å². The van der Waals surface area contributed by atoms with Gasteiger partial charge in [0, 0.05) is 25.2 Å². The van der Waals surface area contributed by atoms with Gasteiger partial charge in [-0.25, -0.2) is 0 Å². The molecule has 1 rings (SSSR count). The van der Waals surface area contributed by atoms with Gasteiger partial charge in [-0.1, -0.05) is 25.4 Å². The summed E-state index contributed by atoms with van der Waals surface area (Å²) in [4.78, 5) is 22.4. The lowest BCUT2D eigenvalue weighted by Gasteiger charge is -2.09. The summed E-state index contributed by atoms with van der Waals surface area (Å²) < 4.78 is 0. The van der Waals surface area contributed by atoms with Crippen LogP contribution in [0.25, 0.3) is 0 Å². The molecular weight excluding hydrogens is 282 g/mol. The summed E-state index contributed by atoms with van der Waals surface area (Å²) in [6, 6.07) is 2.65. The van der Waals surface area contributed by atoms with E-state index in [-0.39, 0.29) is 27.9 Å². The number of hydrogen-bond donors (Lipinski definition) is 2. The van der Waals surface area contributed by atoms with E-state index in [9.17, 15) is 14.9 Å². The monoisotopic (exact) mass is 299 g/mol. The molecule has 0 unspecified atom stereocenters. The van der Waals surface area contributed by atoms with Crippen molar-refractivity contribution < 1.29 is 9.72 Å². The number of carbonyl (C=O) groups excluding carboxylic acids is 1. The van der Waals surface area contributed by atoms with E-state index in [0.717, 1.165) is 6.42 Å². The molecular formula is C13H18ClN3O3. The van der Waals surface area contributed by atoms with E-state index in [1.807, 2.05) is 0 Å². The SMILES string of the molecule is CNc1c(Cl)cc(C(=O)NCCC(C)C)cc1[N+](=O)[O-]. The Balaban J connectivity index is 2.96. The second-order valence-electron chi connectivity index (χ2n) is 4.80. The molecule has 0 aliphatic carbocycles. The van der Waals surface area contributed by atoms with Crippen molar-refractivity contribution >= 4 is 28.9 Å². The molecule has 1 aromatic carbocycles. The van der Waals surface area contributed by atoms with Crippen molar-refractivity contribution in [1.29, 1.82) is 0 Å². The van der Waals surface area contributed by atoms with Crippen molar-refractivity contribution in [3.63, 3.8) is 0 Å². The molecule has 0 aliphatic heterocycles. The Morgan fingerprint density at radius 2 is 2.10 bits per heavy atom. The third-order valence-corrected chi connectivity index (χ3v) is 3.08. The third kappa shape index (κ3) is 4.09. The molecule has 20 heavy (non-hydrogen) atoms. The van der Waals surface area contributed by atoms with Crippen molar-refractivity contribution in [2.24, 2.45) is 5.92 Å². The molecule has 0 aromatic heterocycles. The van der Waals surface area contributed by atoms with E-state index in [0.29, 0.717) is 12.5 Å². The summed E-state index contributed by atoms with van der Waals surface area (Å²) in [5.74, 6) is 0.109. The second kappa shape index (κ2) is 7.09. The highest BCUT2D eigenvalue weighted by Crippen LogP contribution is 2.33. The van der Waals surface area contributed by atoms with E-state index in [4.69, 9.17) is 11.6 Å². The van der Waals surface area contributed by atoms with Crippen molar-refractivity contribution in [1.82, 2.24) is 5.32 Å². The van der Waals surface area contributed by atoms with E-state index in [1.54, 1.807) is 0 Å². The van der Waals surface area contributed by atoms with E-state index < -0.39 is 4.92 Å². The molecule has 0 saturated carbocycles. The summed E-state index contributed by atoms with van der Waals surface area (Å²) in [6.45, 7) is 4.63. The van der Waals surface area contributed by atoms with Gasteiger partial charge in [-0.2, -0.15) is 0 Å². The molecule has 1 aromatic rings. The van der Waals surface area contributed by atoms with Gasteiger partial charge in [-0.15, -0.1) is 0 Å². The predicted molar refractivity (Wildman–Crippen MR) is 79.4 cm³/mol. The first-order valence-corrected chi connectivity index (χ1v) is 6.68. The van der Waals surface area contributed by atoms with Gasteiger partial charge in [0.25, 0.3) is 11.6 Å². The molecule has 0 saturated heterocycles. The van der Waals surface area contributed by atoms with Crippen molar-refractivity contribution in [2.45, 2.75) is 20.3 Å². The highest BCUT2D eigenvalue weighted by atomic mass is 35.5. The van der Waals surface area contributed by atoms with Crippen molar-refractivity contribution in [2.75, 3.05) is 18.9 Å². The number of anilines is 1. The van der Waals surface area contributed by atoms with Crippen LogP contribution in [0.2, 0.25) is 5.02 Å². The minimum absolute atomic E-state index is 0.149. The van der Waals surface area contributed by atoms with Crippen molar-refractivity contribution in [3.05, 3.63) is 32.8 Å². The Bertz CT molecular complexity index is 518. The summed E-state index contributed by atoms with van der Waals surface area (Å²) in [7, 11) is 1.54. The average Bonchev–Trinajstić information content (AvgIpc) is 2.36. The number of rotatable bonds is 6. The van der Waals surface area contributed by atoms with Crippen LogP contribution in [-0.2, 0) is 0 Å². The van der Waals surface area contributed by atoms with Gasteiger partial charge in [0.05, 0.1) is 9.95 Å². The molecule has 0 aliphatic rings. The number of nitrogens with zero attached hydrogens (tertiary/aromatic N) is 1. The fourth-order valence-corrected chi connectivity index (χ4v) is 2.00. The maximum absolute atomic E-state index is 11.9. The predicted octanol–water partition coefficient (Wildman–Crippen LogP) is 3.07. The first-order valence-electron chi connectivity index (χ1n) is 6.30. The number of nitro benzene ring substituents is 1. The Hall–Kier alpha value is -1.82. The maximum Gasteiger partial charge on any atom is 0.294 e. The van der Waals surface area contributed by atoms with Crippen LogP contribution in [0, 0.1) is 16.0 Å². The summed E-state index contributed by atoms with van der Waals surface area (Å²) in [6.07, 6.45) is 0.843. The summed E-state index contributed by atoms with van der Waals surface area (Å²) in [5, 5.41) is 16.5. The zero-order valence-corrected chi connectivity index (χ0v) is 12.5. The molecule has 0 radical (unpaired) electrons. The van der Waals surface area contributed by atoms with Crippen LogP contribution in [0.15, 0.2) is 12.1 Å². The van der Waals surface area contributed by atoms with E-state index in [1.165, 1.54) is 19.2 Å². The molecule has 1 amide bonds. The molecule has 2 N–H and O–H groups in total. The fourth-order valence-electron chi connectivity index (χ4n) is 1.69. The van der Waals surface area contributed by atoms with Crippen LogP contribution in [-0.4, -0.2) is 24.4 Å². The molecule has 6 nitrogen and oxygen atoms in total. The number of hydrogen-bond acceptors (Lipinski definition) is 4. The van der Waals surface area contributed by atoms with E-state index in [2.05, 4.69) is 24.5 Å². The Morgan fingerprint density at radius 1 is 1.45 bits per heavy atom. The van der Waals surface area contributed by atoms with Gasteiger partial charge in [0.15, 0.2) is 0 Å². The standard InChI is InChI=1S/C13H18ClN3O3/c1-8(2)4-5-16-13(18)9-6-10(14)12(15-3)11(7-9)17(19)20/h6-8,15H,4-5H2,1-3H3,(H,16,18). The lowest BCUT2D eigenvalue weighted by Crippen LogP contribution is -2.25. The van der Waals surface area contributed by atoms with E-state index >= 15 is 0 Å². The van der Waals surface area contributed by atoms with Crippen LogP contribution in [0.4, 0.5) is 11.4 Å². The largest absolute Gasteiger partial charge is 0.381 e. The third-order valence-electron chi connectivity index (χ3n) is 2.79. The Kier molecular flexibility index (Phi) is 5.76. The minimum Gasteiger partial charge on any atom is -0.381 e.